The SMILES string of the molecule is COc1cccc(CC(C#N)CCC(=O)O)c1. The van der Waals surface area contributed by atoms with Gasteiger partial charge in [0.2, 0.25) is 0 Å². The molecule has 4 nitrogen and oxygen atoms in total. The fraction of sp³-hybridized carbons (Fsp3) is 0.385. The second-order valence-electron chi connectivity index (χ2n) is 3.81. The highest BCUT2D eigenvalue weighted by atomic mass is 16.5. The molecule has 0 fully saturated rings. The molecule has 0 bridgehead atoms. The van der Waals surface area contributed by atoms with E-state index in [2.05, 4.69) is 6.07 Å². The third kappa shape index (κ3) is 4.56. The third-order valence-corrected chi connectivity index (χ3v) is 2.51. The van der Waals surface area contributed by atoms with Crippen LogP contribution in [-0.4, -0.2) is 18.2 Å². The average Bonchev–Trinajstić information content (AvgIpc) is 2.34. The van der Waals surface area contributed by atoms with Crippen LogP contribution in [0.25, 0.3) is 0 Å². The summed E-state index contributed by atoms with van der Waals surface area (Å²) < 4.78 is 5.09. The molecule has 0 amide bonds. The van der Waals surface area contributed by atoms with Crippen molar-refractivity contribution in [2.75, 3.05) is 7.11 Å². The Hall–Kier alpha value is -2.02. The molecule has 0 radical (unpaired) electrons. The van der Waals surface area contributed by atoms with Crippen molar-refractivity contribution in [2.24, 2.45) is 5.92 Å². The Morgan fingerprint density at radius 3 is 2.94 bits per heavy atom. The zero-order valence-electron chi connectivity index (χ0n) is 9.72. The number of carboxylic acids is 1. The Balaban J connectivity index is 2.61. The summed E-state index contributed by atoms with van der Waals surface area (Å²) in [6, 6.07) is 9.61. The summed E-state index contributed by atoms with van der Waals surface area (Å²) in [5.41, 5.74) is 0.987. The minimum Gasteiger partial charge on any atom is -0.497 e. The van der Waals surface area contributed by atoms with Crippen molar-refractivity contribution in [3.63, 3.8) is 0 Å². The number of rotatable bonds is 6. The van der Waals surface area contributed by atoms with Crippen LogP contribution in [0.15, 0.2) is 24.3 Å². The normalized spacial score (nSPS) is 11.5. The predicted molar refractivity (Wildman–Crippen MR) is 62.7 cm³/mol. The molecule has 1 aromatic rings. The number of nitrogens with zero attached hydrogens (tertiary/aromatic N) is 1. The van der Waals surface area contributed by atoms with Crippen molar-refractivity contribution < 1.29 is 14.6 Å². The van der Waals surface area contributed by atoms with Crippen LogP contribution in [0.2, 0.25) is 0 Å². The van der Waals surface area contributed by atoms with Gasteiger partial charge in [-0.25, -0.2) is 0 Å². The van der Waals surface area contributed by atoms with E-state index in [0.29, 0.717) is 12.8 Å². The maximum Gasteiger partial charge on any atom is 0.303 e. The molecule has 1 unspecified atom stereocenters. The van der Waals surface area contributed by atoms with E-state index in [0.717, 1.165) is 11.3 Å². The third-order valence-electron chi connectivity index (χ3n) is 2.51. The van der Waals surface area contributed by atoms with Crippen LogP contribution in [0, 0.1) is 17.2 Å². The van der Waals surface area contributed by atoms with Crippen molar-refractivity contribution in [1.82, 2.24) is 0 Å². The number of nitriles is 1. The quantitative estimate of drug-likeness (QED) is 0.818. The van der Waals surface area contributed by atoms with E-state index in [1.54, 1.807) is 7.11 Å². The fourth-order valence-electron chi connectivity index (χ4n) is 1.59. The van der Waals surface area contributed by atoms with Crippen LogP contribution >= 0.6 is 0 Å². The Morgan fingerprint density at radius 2 is 2.35 bits per heavy atom. The standard InChI is InChI=1S/C13H15NO3/c1-17-12-4-2-3-10(8-12)7-11(9-14)5-6-13(15)16/h2-4,8,11H,5-7H2,1H3,(H,15,16). The zero-order chi connectivity index (χ0) is 12.7. The topological polar surface area (TPSA) is 70.3 Å². The number of methoxy groups -OCH3 is 1. The highest BCUT2D eigenvalue weighted by molar-refractivity contribution is 5.66. The molecule has 0 spiro atoms. The molecule has 1 atom stereocenters. The highest BCUT2D eigenvalue weighted by Gasteiger charge is 2.11. The van der Waals surface area contributed by atoms with Crippen LogP contribution in [-0.2, 0) is 11.2 Å². The highest BCUT2D eigenvalue weighted by Crippen LogP contribution is 2.18. The molecule has 0 saturated heterocycles. The van der Waals surface area contributed by atoms with Crippen molar-refractivity contribution in [3.05, 3.63) is 29.8 Å². The lowest BCUT2D eigenvalue weighted by Crippen LogP contribution is -2.05. The Kier molecular flexibility index (Phi) is 5.02. The van der Waals surface area contributed by atoms with E-state index in [-0.39, 0.29) is 12.3 Å². The predicted octanol–water partition coefficient (Wildman–Crippen LogP) is 2.24. The molecule has 0 aromatic heterocycles. The van der Waals surface area contributed by atoms with E-state index >= 15 is 0 Å². The molecule has 1 N–H and O–H groups in total. The van der Waals surface area contributed by atoms with E-state index in [4.69, 9.17) is 15.1 Å². The van der Waals surface area contributed by atoms with E-state index in [1.807, 2.05) is 24.3 Å². The van der Waals surface area contributed by atoms with Crippen LogP contribution < -0.4 is 4.74 Å². The number of benzene rings is 1. The first-order valence-electron chi connectivity index (χ1n) is 5.40. The maximum absolute atomic E-state index is 10.4. The summed E-state index contributed by atoms with van der Waals surface area (Å²) >= 11 is 0. The first-order chi connectivity index (χ1) is 8.15. The zero-order valence-corrected chi connectivity index (χ0v) is 9.72. The van der Waals surface area contributed by atoms with Crippen molar-refractivity contribution in [3.8, 4) is 11.8 Å². The van der Waals surface area contributed by atoms with Gasteiger partial charge < -0.3 is 9.84 Å². The second-order valence-corrected chi connectivity index (χ2v) is 3.81. The van der Waals surface area contributed by atoms with Gasteiger partial charge in [-0.1, -0.05) is 12.1 Å². The number of carbonyl (C=O) groups is 1. The summed E-state index contributed by atoms with van der Waals surface area (Å²) in [4.78, 5) is 10.4. The van der Waals surface area contributed by atoms with Gasteiger partial charge in [0, 0.05) is 6.42 Å². The number of hydrogen-bond acceptors (Lipinski definition) is 3. The average molecular weight is 233 g/mol. The molecule has 1 aromatic carbocycles. The lowest BCUT2D eigenvalue weighted by atomic mass is 9.96. The van der Waals surface area contributed by atoms with Gasteiger partial charge in [0.1, 0.15) is 5.75 Å². The Bertz CT molecular complexity index is 423. The second kappa shape index (κ2) is 6.54. The molecular formula is C13H15NO3. The fourth-order valence-corrected chi connectivity index (χ4v) is 1.59. The molecule has 0 aliphatic carbocycles. The molecule has 0 saturated carbocycles. The van der Waals surface area contributed by atoms with E-state index < -0.39 is 5.97 Å². The van der Waals surface area contributed by atoms with Crippen LogP contribution in [0.1, 0.15) is 18.4 Å². The summed E-state index contributed by atoms with van der Waals surface area (Å²) in [6.07, 6.45) is 0.965. The number of hydrogen-bond donors (Lipinski definition) is 1. The van der Waals surface area contributed by atoms with Gasteiger partial charge in [-0.15, -0.1) is 0 Å². The van der Waals surface area contributed by atoms with Crippen molar-refractivity contribution in [2.45, 2.75) is 19.3 Å². The van der Waals surface area contributed by atoms with Crippen LogP contribution in [0.3, 0.4) is 0 Å². The first-order valence-corrected chi connectivity index (χ1v) is 5.40. The molecule has 17 heavy (non-hydrogen) atoms. The minimum absolute atomic E-state index is 0.0300. The van der Waals surface area contributed by atoms with Crippen LogP contribution in [0.4, 0.5) is 0 Å². The molecule has 1 rings (SSSR count). The van der Waals surface area contributed by atoms with E-state index in [9.17, 15) is 4.79 Å². The lowest BCUT2D eigenvalue weighted by Gasteiger charge is -2.08. The molecule has 4 heteroatoms. The van der Waals surface area contributed by atoms with Gasteiger partial charge in [-0.2, -0.15) is 5.26 Å². The maximum atomic E-state index is 10.4. The first kappa shape index (κ1) is 13.0. The molecule has 0 heterocycles. The lowest BCUT2D eigenvalue weighted by molar-refractivity contribution is -0.137. The Morgan fingerprint density at radius 1 is 1.59 bits per heavy atom. The molecule has 0 aliphatic rings. The monoisotopic (exact) mass is 233 g/mol. The molecule has 90 valence electrons. The smallest absolute Gasteiger partial charge is 0.303 e. The summed E-state index contributed by atoms with van der Waals surface area (Å²) in [5.74, 6) is -0.383. The van der Waals surface area contributed by atoms with Crippen molar-refractivity contribution >= 4 is 5.97 Å². The van der Waals surface area contributed by atoms with Gasteiger partial charge in [-0.05, 0) is 30.5 Å². The van der Waals surface area contributed by atoms with Gasteiger partial charge in [0.25, 0.3) is 0 Å². The van der Waals surface area contributed by atoms with Gasteiger partial charge in [0.15, 0.2) is 0 Å². The van der Waals surface area contributed by atoms with Gasteiger partial charge >= 0.3 is 5.97 Å². The largest absolute Gasteiger partial charge is 0.497 e. The van der Waals surface area contributed by atoms with Crippen molar-refractivity contribution in [1.29, 1.82) is 5.26 Å². The van der Waals surface area contributed by atoms with E-state index in [1.165, 1.54) is 0 Å². The minimum atomic E-state index is -0.865. The number of aliphatic carboxylic acids is 1. The molecular weight excluding hydrogens is 218 g/mol. The number of carboxylic acid groups (broad SMARTS) is 1. The van der Waals surface area contributed by atoms with Crippen LogP contribution in [0.5, 0.6) is 5.75 Å². The van der Waals surface area contributed by atoms with Gasteiger partial charge in [0.05, 0.1) is 19.1 Å². The summed E-state index contributed by atoms with van der Waals surface area (Å²) in [5, 5.41) is 17.5. The summed E-state index contributed by atoms with van der Waals surface area (Å²) in [7, 11) is 1.59. The van der Waals surface area contributed by atoms with Gasteiger partial charge in [-0.3, -0.25) is 4.79 Å². The Labute approximate surface area is 100 Å². The number of ether oxygens (including phenoxy) is 1. The summed E-state index contributed by atoms with van der Waals surface area (Å²) in [6.45, 7) is 0. The molecule has 0 aliphatic heterocycles.